The first kappa shape index (κ1) is 16.0. The Morgan fingerprint density at radius 2 is 1.74 bits per heavy atom. The summed E-state index contributed by atoms with van der Waals surface area (Å²) in [6.45, 7) is 11.8. The summed E-state index contributed by atoms with van der Waals surface area (Å²) < 4.78 is 5.45. The van der Waals surface area contributed by atoms with Crippen LogP contribution in [-0.2, 0) is 0 Å². The van der Waals surface area contributed by atoms with Crippen LogP contribution in [0.25, 0.3) is 0 Å². The van der Waals surface area contributed by atoms with Gasteiger partial charge in [0, 0.05) is 6.04 Å². The van der Waals surface area contributed by atoms with Gasteiger partial charge in [0.1, 0.15) is 5.75 Å². The van der Waals surface area contributed by atoms with Gasteiger partial charge in [0.2, 0.25) is 0 Å². The molecule has 0 radical (unpaired) electrons. The van der Waals surface area contributed by atoms with Gasteiger partial charge < -0.3 is 10.5 Å². The smallest absolute Gasteiger partial charge is 0.119 e. The Morgan fingerprint density at radius 3 is 2.21 bits per heavy atom. The molecular formula is C17H29NO. The van der Waals surface area contributed by atoms with Gasteiger partial charge in [0.15, 0.2) is 0 Å². The lowest BCUT2D eigenvalue weighted by Gasteiger charge is -2.25. The van der Waals surface area contributed by atoms with Crippen LogP contribution < -0.4 is 10.5 Å². The summed E-state index contributed by atoms with van der Waals surface area (Å²) in [5.74, 6) is 1.56. The topological polar surface area (TPSA) is 35.2 Å². The van der Waals surface area contributed by atoms with Gasteiger partial charge in [0.05, 0.1) is 6.61 Å². The summed E-state index contributed by atoms with van der Waals surface area (Å²) in [4.78, 5) is 0. The molecule has 0 saturated carbocycles. The normalized spacial score (nSPS) is 15.1. The molecule has 0 fully saturated rings. The first-order chi connectivity index (χ1) is 8.81. The van der Waals surface area contributed by atoms with Crippen LogP contribution in [0.15, 0.2) is 24.3 Å². The van der Waals surface area contributed by atoms with E-state index in [9.17, 15) is 0 Å². The van der Waals surface area contributed by atoms with Crippen molar-refractivity contribution in [1.29, 1.82) is 0 Å². The number of hydrogen-bond donors (Lipinski definition) is 1. The summed E-state index contributed by atoms with van der Waals surface area (Å²) >= 11 is 0. The molecule has 0 aromatic heterocycles. The lowest BCUT2D eigenvalue weighted by Crippen LogP contribution is -2.18. The summed E-state index contributed by atoms with van der Waals surface area (Å²) in [6, 6.07) is 8.30. The molecule has 2 heteroatoms. The molecule has 19 heavy (non-hydrogen) atoms. The van der Waals surface area contributed by atoms with Crippen LogP contribution in [0, 0.1) is 11.3 Å². The zero-order chi connectivity index (χ0) is 14.5. The Balaban J connectivity index is 2.55. The molecular weight excluding hydrogens is 234 g/mol. The van der Waals surface area contributed by atoms with Crippen molar-refractivity contribution in [1.82, 2.24) is 0 Å². The van der Waals surface area contributed by atoms with E-state index in [1.807, 2.05) is 19.1 Å². The van der Waals surface area contributed by atoms with E-state index in [0.29, 0.717) is 17.9 Å². The van der Waals surface area contributed by atoms with Crippen molar-refractivity contribution >= 4 is 0 Å². The highest BCUT2D eigenvalue weighted by Gasteiger charge is 2.18. The van der Waals surface area contributed by atoms with Crippen LogP contribution in [0.3, 0.4) is 0 Å². The van der Waals surface area contributed by atoms with E-state index in [4.69, 9.17) is 10.5 Å². The van der Waals surface area contributed by atoms with Gasteiger partial charge in [-0.15, -0.1) is 0 Å². The van der Waals surface area contributed by atoms with Gasteiger partial charge in [0.25, 0.3) is 0 Å². The summed E-state index contributed by atoms with van der Waals surface area (Å²) in [5.41, 5.74) is 7.87. The minimum absolute atomic E-state index is 0.119. The van der Waals surface area contributed by atoms with Gasteiger partial charge in [-0.05, 0) is 48.8 Å². The van der Waals surface area contributed by atoms with Gasteiger partial charge in [-0.1, -0.05) is 39.8 Å². The maximum absolute atomic E-state index is 6.30. The monoisotopic (exact) mass is 263 g/mol. The number of nitrogens with two attached hydrogens (primary N) is 1. The first-order valence-corrected chi connectivity index (χ1v) is 7.30. The van der Waals surface area contributed by atoms with E-state index < -0.39 is 0 Å². The molecule has 0 bridgehead atoms. The molecule has 0 aliphatic rings. The predicted molar refractivity (Wildman–Crippen MR) is 82.4 cm³/mol. The van der Waals surface area contributed by atoms with Crippen molar-refractivity contribution in [2.24, 2.45) is 17.1 Å². The Morgan fingerprint density at radius 1 is 1.16 bits per heavy atom. The van der Waals surface area contributed by atoms with Crippen molar-refractivity contribution in [2.75, 3.05) is 6.61 Å². The molecule has 0 spiro atoms. The standard InChI is InChI=1S/C17H29NO/c1-6-19-15-9-7-14(8-10-15)16(18)11-13(2)12-17(3,4)5/h7-10,13,16H,6,11-12,18H2,1-5H3. The Hall–Kier alpha value is -1.02. The molecule has 1 aromatic rings. The largest absolute Gasteiger partial charge is 0.494 e. The molecule has 2 atom stereocenters. The SMILES string of the molecule is CCOc1ccc(C(N)CC(C)CC(C)(C)C)cc1. The molecule has 1 rings (SSSR count). The van der Waals surface area contributed by atoms with Crippen LogP contribution in [-0.4, -0.2) is 6.61 Å². The highest BCUT2D eigenvalue weighted by Crippen LogP contribution is 2.30. The van der Waals surface area contributed by atoms with E-state index in [1.54, 1.807) is 0 Å². The van der Waals surface area contributed by atoms with Gasteiger partial charge in [-0.25, -0.2) is 0 Å². The van der Waals surface area contributed by atoms with Crippen LogP contribution in [0.1, 0.15) is 59.1 Å². The minimum Gasteiger partial charge on any atom is -0.494 e. The number of benzene rings is 1. The molecule has 2 N–H and O–H groups in total. The number of ether oxygens (including phenoxy) is 1. The quantitative estimate of drug-likeness (QED) is 0.817. The molecule has 108 valence electrons. The second-order valence-corrected chi connectivity index (χ2v) is 6.71. The third-order valence-corrected chi connectivity index (χ3v) is 3.24. The van der Waals surface area contributed by atoms with Crippen LogP contribution in [0.4, 0.5) is 0 Å². The third-order valence-electron chi connectivity index (χ3n) is 3.24. The average Bonchev–Trinajstić information content (AvgIpc) is 2.27. The van der Waals surface area contributed by atoms with Crippen molar-refractivity contribution < 1.29 is 4.74 Å². The van der Waals surface area contributed by atoms with Crippen molar-refractivity contribution in [3.8, 4) is 5.75 Å². The lowest BCUT2D eigenvalue weighted by atomic mass is 9.82. The van der Waals surface area contributed by atoms with E-state index in [-0.39, 0.29) is 6.04 Å². The molecule has 0 saturated heterocycles. The lowest BCUT2D eigenvalue weighted by molar-refractivity contribution is 0.286. The molecule has 0 aliphatic carbocycles. The fourth-order valence-corrected chi connectivity index (χ4v) is 2.68. The molecule has 1 aromatic carbocycles. The van der Waals surface area contributed by atoms with Crippen LogP contribution in [0.2, 0.25) is 0 Å². The minimum atomic E-state index is 0.119. The zero-order valence-electron chi connectivity index (χ0n) is 13.1. The van der Waals surface area contributed by atoms with E-state index in [0.717, 1.165) is 12.2 Å². The second-order valence-electron chi connectivity index (χ2n) is 6.71. The maximum Gasteiger partial charge on any atom is 0.119 e. The molecule has 0 amide bonds. The Kier molecular flexibility index (Phi) is 5.86. The molecule has 0 heterocycles. The Labute approximate surface area is 118 Å². The van der Waals surface area contributed by atoms with E-state index in [2.05, 4.69) is 39.8 Å². The van der Waals surface area contributed by atoms with Crippen LogP contribution in [0.5, 0.6) is 5.75 Å². The fourth-order valence-electron chi connectivity index (χ4n) is 2.68. The first-order valence-electron chi connectivity index (χ1n) is 7.30. The third kappa shape index (κ3) is 6.11. The van der Waals surface area contributed by atoms with Crippen molar-refractivity contribution in [2.45, 2.75) is 53.5 Å². The summed E-state index contributed by atoms with van der Waals surface area (Å²) in [6.07, 6.45) is 2.24. The number of rotatable bonds is 6. The summed E-state index contributed by atoms with van der Waals surface area (Å²) in [7, 11) is 0. The second kappa shape index (κ2) is 6.95. The maximum atomic E-state index is 6.30. The number of hydrogen-bond acceptors (Lipinski definition) is 2. The fraction of sp³-hybridized carbons (Fsp3) is 0.647. The van der Waals surface area contributed by atoms with Gasteiger partial charge in [-0.3, -0.25) is 0 Å². The average molecular weight is 263 g/mol. The summed E-state index contributed by atoms with van der Waals surface area (Å²) in [5, 5.41) is 0. The van der Waals surface area contributed by atoms with Gasteiger partial charge >= 0.3 is 0 Å². The molecule has 2 nitrogen and oxygen atoms in total. The molecule has 2 unspecified atom stereocenters. The Bertz CT molecular complexity index is 364. The van der Waals surface area contributed by atoms with Gasteiger partial charge in [-0.2, -0.15) is 0 Å². The zero-order valence-corrected chi connectivity index (χ0v) is 13.1. The van der Waals surface area contributed by atoms with Crippen molar-refractivity contribution in [3.05, 3.63) is 29.8 Å². The van der Waals surface area contributed by atoms with Crippen molar-refractivity contribution in [3.63, 3.8) is 0 Å². The highest BCUT2D eigenvalue weighted by atomic mass is 16.5. The van der Waals surface area contributed by atoms with E-state index >= 15 is 0 Å². The molecule has 0 aliphatic heterocycles. The highest BCUT2D eigenvalue weighted by molar-refractivity contribution is 5.29. The predicted octanol–water partition coefficient (Wildman–Crippen LogP) is 4.55. The van der Waals surface area contributed by atoms with Crippen LogP contribution >= 0.6 is 0 Å². The van der Waals surface area contributed by atoms with E-state index in [1.165, 1.54) is 12.0 Å².